The third-order valence-corrected chi connectivity index (χ3v) is 4.45. The molecule has 3 aromatic rings. The Balaban J connectivity index is 1.95. The Bertz CT molecular complexity index is 815. The summed E-state index contributed by atoms with van der Waals surface area (Å²) < 4.78 is 2.26. The topological polar surface area (TPSA) is 95.6 Å². The first-order valence-electron chi connectivity index (χ1n) is 7.57. The van der Waals surface area contributed by atoms with Gasteiger partial charge in [-0.1, -0.05) is 12.8 Å². The van der Waals surface area contributed by atoms with E-state index in [-0.39, 0.29) is 0 Å². The Morgan fingerprint density at radius 1 is 1.05 bits per heavy atom. The lowest BCUT2D eigenvalue weighted by atomic mass is 10.1. The quantitative estimate of drug-likeness (QED) is 0.757. The highest BCUT2D eigenvalue weighted by Crippen LogP contribution is 2.38. The predicted octanol–water partition coefficient (Wildman–Crippen LogP) is 2.77. The molecule has 0 saturated heterocycles. The van der Waals surface area contributed by atoms with Crippen LogP contribution >= 0.6 is 0 Å². The lowest BCUT2D eigenvalue weighted by Gasteiger charge is -2.12. The summed E-state index contributed by atoms with van der Waals surface area (Å²) in [6.07, 6.45) is 10.4. The molecule has 3 heterocycles. The summed E-state index contributed by atoms with van der Waals surface area (Å²) in [6.45, 7) is 0. The Labute approximate surface area is 128 Å². The normalized spacial score (nSPS) is 15.6. The molecule has 0 aliphatic heterocycles. The van der Waals surface area contributed by atoms with Gasteiger partial charge in [0.15, 0.2) is 0 Å². The second-order valence-corrected chi connectivity index (χ2v) is 5.82. The van der Waals surface area contributed by atoms with Crippen LogP contribution < -0.4 is 11.5 Å². The van der Waals surface area contributed by atoms with Crippen LogP contribution in [0.3, 0.4) is 0 Å². The molecule has 1 aliphatic rings. The van der Waals surface area contributed by atoms with Gasteiger partial charge in [0.25, 0.3) is 0 Å². The summed E-state index contributed by atoms with van der Waals surface area (Å²) in [5.74, 6) is 1.01. The maximum atomic E-state index is 6.13. The van der Waals surface area contributed by atoms with Gasteiger partial charge in [0.05, 0.1) is 5.39 Å². The zero-order valence-electron chi connectivity index (χ0n) is 12.2. The molecule has 3 aromatic heterocycles. The number of aromatic nitrogens is 4. The maximum Gasteiger partial charge on any atom is 0.146 e. The van der Waals surface area contributed by atoms with Crippen molar-refractivity contribution >= 4 is 22.7 Å². The van der Waals surface area contributed by atoms with E-state index in [2.05, 4.69) is 25.7 Å². The summed E-state index contributed by atoms with van der Waals surface area (Å²) in [6, 6.07) is 4.25. The molecule has 0 bridgehead atoms. The van der Waals surface area contributed by atoms with Gasteiger partial charge in [-0.25, -0.2) is 15.0 Å². The van der Waals surface area contributed by atoms with Crippen LogP contribution in [0.1, 0.15) is 31.7 Å². The van der Waals surface area contributed by atoms with Crippen LogP contribution in [0.15, 0.2) is 30.9 Å². The SMILES string of the molecule is Nc1ccc(-c2cn(C3CCCC3)c3ncnc(N)c23)cn1. The maximum absolute atomic E-state index is 6.13. The van der Waals surface area contributed by atoms with Crippen molar-refractivity contribution in [2.24, 2.45) is 0 Å². The number of hydrogen-bond donors (Lipinski definition) is 2. The first-order valence-corrected chi connectivity index (χ1v) is 7.57. The van der Waals surface area contributed by atoms with Crippen molar-refractivity contribution in [1.82, 2.24) is 19.5 Å². The molecule has 22 heavy (non-hydrogen) atoms. The minimum Gasteiger partial charge on any atom is -0.384 e. The van der Waals surface area contributed by atoms with E-state index < -0.39 is 0 Å². The number of nitrogens with two attached hydrogens (primary N) is 2. The van der Waals surface area contributed by atoms with E-state index in [1.165, 1.54) is 32.0 Å². The van der Waals surface area contributed by atoms with Crippen LogP contribution in [-0.4, -0.2) is 19.5 Å². The highest BCUT2D eigenvalue weighted by Gasteiger charge is 2.22. The lowest BCUT2D eigenvalue weighted by Crippen LogP contribution is -2.04. The van der Waals surface area contributed by atoms with Crippen molar-refractivity contribution in [3.8, 4) is 11.1 Å². The third kappa shape index (κ3) is 1.99. The number of nitrogen functional groups attached to an aromatic ring is 2. The average molecular weight is 294 g/mol. The third-order valence-electron chi connectivity index (χ3n) is 4.45. The summed E-state index contributed by atoms with van der Waals surface area (Å²) >= 11 is 0. The average Bonchev–Trinajstić information content (AvgIpc) is 3.15. The van der Waals surface area contributed by atoms with Crippen LogP contribution in [0.2, 0.25) is 0 Å². The summed E-state index contributed by atoms with van der Waals surface area (Å²) in [5, 5.41) is 0.904. The molecular formula is C16H18N6. The van der Waals surface area contributed by atoms with Crippen molar-refractivity contribution in [1.29, 1.82) is 0 Å². The van der Waals surface area contributed by atoms with Gasteiger partial charge in [0.2, 0.25) is 0 Å². The second-order valence-electron chi connectivity index (χ2n) is 5.82. The zero-order chi connectivity index (χ0) is 15.1. The molecule has 0 atom stereocenters. The molecule has 4 rings (SSSR count). The molecular weight excluding hydrogens is 276 g/mol. The molecule has 6 nitrogen and oxygen atoms in total. The fourth-order valence-electron chi connectivity index (χ4n) is 3.35. The minimum atomic E-state index is 0.493. The molecule has 4 N–H and O–H groups in total. The second kappa shape index (κ2) is 4.98. The highest BCUT2D eigenvalue weighted by molar-refractivity contribution is 6.00. The Morgan fingerprint density at radius 2 is 1.86 bits per heavy atom. The van der Waals surface area contributed by atoms with Gasteiger partial charge in [-0.2, -0.15) is 0 Å². The van der Waals surface area contributed by atoms with Crippen LogP contribution in [0.5, 0.6) is 0 Å². The van der Waals surface area contributed by atoms with Gasteiger partial charge in [0.1, 0.15) is 23.6 Å². The minimum absolute atomic E-state index is 0.493. The van der Waals surface area contributed by atoms with E-state index in [9.17, 15) is 0 Å². The van der Waals surface area contributed by atoms with Crippen LogP contribution in [-0.2, 0) is 0 Å². The summed E-state index contributed by atoms with van der Waals surface area (Å²) in [5.41, 5.74) is 14.7. The number of nitrogens with zero attached hydrogens (tertiary/aromatic N) is 4. The lowest BCUT2D eigenvalue weighted by molar-refractivity contribution is 0.532. The van der Waals surface area contributed by atoms with E-state index in [4.69, 9.17) is 11.5 Å². The summed E-state index contributed by atoms with van der Waals surface area (Å²) in [4.78, 5) is 12.8. The largest absolute Gasteiger partial charge is 0.384 e. The van der Waals surface area contributed by atoms with E-state index >= 15 is 0 Å². The molecule has 0 unspecified atom stereocenters. The van der Waals surface area contributed by atoms with Crippen molar-refractivity contribution in [2.45, 2.75) is 31.7 Å². The Hall–Kier alpha value is -2.63. The van der Waals surface area contributed by atoms with E-state index in [1.54, 1.807) is 12.3 Å². The van der Waals surface area contributed by atoms with E-state index in [1.807, 2.05) is 6.07 Å². The fraction of sp³-hybridized carbons (Fsp3) is 0.312. The van der Waals surface area contributed by atoms with E-state index in [0.29, 0.717) is 17.7 Å². The molecule has 6 heteroatoms. The van der Waals surface area contributed by atoms with Gasteiger partial charge in [0, 0.05) is 29.6 Å². The number of anilines is 2. The first-order chi connectivity index (χ1) is 10.7. The van der Waals surface area contributed by atoms with Crippen molar-refractivity contribution in [2.75, 3.05) is 11.5 Å². The zero-order valence-corrected chi connectivity index (χ0v) is 12.2. The van der Waals surface area contributed by atoms with Gasteiger partial charge in [-0.15, -0.1) is 0 Å². The van der Waals surface area contributed by atoms with Crippen LogP contribution in [0.4, 0.5) is 11.6 Å². The molecule has 0 spiro atoms. The Morgan fingerprint density at radius 3 is 2.59 bits per heavy atom. The first kappa shape index (κ1) is 13.1. The molecule has 1 saturated carbocycles. The number of hydrogen-bond acceptors (Lipinski definition) is 5. The van der Waals surface area contributed by atoms with Gasteiger partial charge >= 0.3 is 0 Å². The van der Waals surface area contributed by atoms with Gasteiger partial charge in [-0.05, 0) is 25.0 Å². The molecule has 112 valence electrons. The van der Waals surface area contributed by atoms with Crippen molar-refractivity contribution < 1.29 is 0 Å². The van der Waals surface area contributed by atoms with Crippen molar-refractivity contribution in [3.05, 3.63) is 30.9 Å². The summed E-state index contributed by atoms with van der Waals surface area (Å²) in [7, 11) is 0. The number of rotatable bonds is 2. The highest BCUT2D eigenvalue weighted by atomic mass is 15.1. The smallest absolute Gasteiger partial charge is 0.146 e. The van der Waals surface area contributed by atoms with Gasteiger partial charge < -0.3 is 16.0 Å². The molecule has 0 radical (unpaired) electrons. The van der Waals surface area contributed by atoms with E-state index in [0.717, 1.165) is 22.2 Å². The van der Waals surface area contributed by atoms with Gasteiger partial charge in [-0.3, -0.25) is 0 Å². The predicted molar refractivity (Wildman–Crippen MR) is 87.1 cm³/mol. The monoisotopic (exact) mass is 294 g/mol. The van der Waals surface area contributed by atoms with Crippen LogP contribution in [0, 0.1) is 0 Å². The van der Waals surface area contributed by atoms with Crippen molar-refractivity contribution in [3.63, 3.8) is 0 Å². The molecule has 0 aromatic carbocycles. The standard InChI is InChI=1S/C16H18N6/c17-13-6-5-10(7-19-13)12-8-22(11-3-1-2-4-11)16-14(12)15(18)20-9-21-16/h5-9,11H,1-4H2,(H2,17,19)(H2,18,20,21). The molecule has 0 amide bonds. The molecule has 1 aliphatic carbocycles. The Kier molecular flexibility index (Phi) is 2.96. The fourth-order valence-corrected chi connectivity index (χ4v) is 3.35. The van der Waals surface area contributed by atoms with Crippen LogP contribution in [0.25, 0.3) is 22.2 Å². The molecule has 1 fully saturated rings. The number of fused-ring (bicyclic) bond motifs is 1. The number of pyridine rings is 1.